The first-order valence-electron chi connectivity index (χ1n) is 4.84. The van der Waals surface area contributed by atoms with Crippen LogP contribution >= 0.6 is 0 Å². The van der Waals surface area contributed by atoms with Crippen molar-refractivity contribution in [1.82, 2.24) is 9.97 Å². The Hall–Kier alpha value is -1.16. The molecule has 78 valence electrons. The van der Waals surface area contributed by atoms with Gasteiger partial charge in [0.1, 0.15) is 0 Å². The van der Waals surface area contributed by atoms with Crippen molar-refractivity contribution < 1.29 is 9.84 Å². The largest absolute Gasteiger partial charge is 0.474 e. The molecule has 0 saturated carbocycles. The van der Waals surface area contributed by atoms with E-state index in [9.17, 15) is 0 Å². The van der Waals surface area contributed by atoms with Crippen molar-refractivity contribution in [2.24, 2.45) is 0 Å². The van der Waals surface area contributed by atoms with Gasteiger partial charge in [0.05, 0.1) is 30.8 Å². The lowest BCUT2D eigenvalue weighted by molar-refractivity contribution is 0.200. The zero-order valence-corrected chi connectivity index (χ0v) is 8.60. The van der Waals surface area contributed by atoms with Crippen LogP contribution in [-0.2, 0) is 6.61 Å². The Morgan fingerprint density at radius 2 is 2.21 bits per heavy atom. The summed E-state index contributed by atoms with van der Waals surface area (Å²) in [5.74, 6) is 0.517. The fourth-order valence-electron chi connectivity index (χ4n) is 1.16. The SMILES string of the molecule is CCCC(C)Oc1cnc(CO)cn1. The Morgan fingerprint density at radius 3 is 2.71 bits per heavy atom. The monoisotopic (exact) mass is 196 g/mol. The molecule has 4 heteroatoms. The maximum Gasteiger partial charge on any atom is 0.232 e. The van der Waals surface area contributed by atoms with Gasteiger partial charge in [-0.2, -0.15) is 0 Å². The van der Waals surface area contributed by atoms with E-state index in [1.54, 1.807) is 0 Å². The molecule has 14 heavy (non-hydrogen) atoms. The van der Waals surface area contributed by atoms with E-state index in [0.29, 0.717) is 11.6 Å². The van der Waals surface area contributed by atoms with Crippen molar-refractivity contribution in [3.63, 3.8) is 0 Å². The molecule has 0 bridgehead atoms. The molecule has 1 unspecified atom stereocenters. The fraction of sp³-hybridized carbons (Fsp3) is 0.600. The standard InChI is InChI=1S/C10H16N2O2/c1-3-4-8(2)14-10-6-11-9(7-13)5-12-10/h5-6,8,13H,3-4,7H2,1-2H3. The second-order valence-corrected chi connectivity index (χ2v) is 3.22. The van der Waals surface area contributed by atoms with Gasteiger partial charge in [-0.05, 0) is 13.3 Å². The summed E-state index contributed by atoms with van der Waals surface area (Å²) in [7, 11) is 0. The number of aliphatic hydroxyl groups excluding tert-OH is 1. The van der Waals surface area contributed by atoms with E-state index in [1.807, 2.05) is 6.92 Å². The molecular formula is C10H16N2O2. The van der Waals surface area contributed by atoms with Crippen molar-refractivity contribution in [2.45, 2.75) is 39.4 Å². The molecule has 0 aliphatic heterocycles. The first kappa shape index (κ1) is 10.9. The molecule has 0 aliphatic carbocycles. The van der Waals surface area contributed by atoms with Crippen molar-refractivity contribution in [3.8, 4) is 5.88 Å². The summed E-state index contributed by atoms with van der Waals surface area (Å²) in [5, 5.41) is 8.75. The topological polar surface area (TPSA) is 55.2 Å². The number of nitrogens with zero attached hydrogens (tertiary/aromatic N) is 2. The average Bonchev–Trinajstić information content (AvgIpc) is 2.19. The van der Waals surface area contributed by atoms with Gasteiger partial charge in [0, 0.05) is 0 Å². The Balaban J connectivity index is 2.50. The number of aliphatic hydroxyl groups is 1. The molecule has 1 N–H and O–H groups in total. The average molecular weight is 196 g/mol. The van der Waals surface area contributed by atoms with Crippen LogP contribution in [0.5, 0.6) is 5.88 Å². The Bertz CT molecular complexity index is 261. The zero-order chi connectivity index (χ0) is 10.4. The molecule has 0 radical (unpaired) electrons. The Morgan fingerprint density at radius 1 is 1.43 bits per heavy atom. The molecule has 1 aromatic rings. The van der Waals surface area contributed by atoms with Gasteiger partial charge in [-0.1, -0.05) is 13.3 Å². The molecule has 1 heterocycles. The van der Waals surface area contributed by atoms with Gasteiger partial charge >= 0.3 is 0 Å². The lowest BCUT2D eigenvalue weighted by atomic mass is 10.2. The highest BCUT2D eigenvalue weighted by Gasteiger charge is 2.03. The first-order valence-corrected chi connectivity index (χ1v) is 4.84. The van der Waals surface area contributed by atoms with Gasteiger partial charge in [-0.15, -0.1) is 0 Å². The van der Waals surface area contributed by atoms with Gasteiger partial charge in [0.2, 0.25) is 5.88 Å². The van der Waals surface area contributed by atoms with Crippen molar-refractivity contribution in [2.75, 3.05) is 0 Å². The lowest BCUT2D eigenvalue weighted by Crippen LogP contribution is -2.12. The van der Waals surface area contributed by atoms with Crippen molar-refractivity contribution in [1.29, 1.82) is 0 Å². The summed E-state index contributed by atoms with van der Waals surface area (Å²) >= 11 is 0. The fourth-order valence-corrected chi connectivity index (χ4v) is 1.16. The molecule has 1 atom stereocenters. The minimum Gasteiger partial charge on any atom is -0.474 e. The summed E-state index contributed by atoms with van der Waals surface area (Å²) in [6.45, 7) is 4.03. The quantitative estimate of drug-likeness (QED) is 0.776. The van der Waals surface area contributed by atoms with Crippen LogP contribution in [-0.4, -0.2) is 21.2 Å². The summed E-state index contributed by atoms with van der Waals surface area (Å²) in [6, 6.07) is 0. The molecular weight excluding hydrogens is 180 g/mol. The smallest absolute Gasteiger partial charge is 0.232 e. The summed E-state index contributed by atoms with van der Waals surface area (Å²) < 4.78 is 5.50. The zero-order valence-electron chi connectivity index (χ0n) is 8.60. The minimum atomic E-state index is -0.0855. The number of hydrogen-bond donors (Lipinski definition) is 1. The predicted molar refractivity (Wildman–Crippen MR) is 53.0 cm³/mol. The van der Waals surface area contributed by atoms with Crippen LogP contribution < -0.4 is 4.74 Å². The van der Waals surface area contributed by atoms with E-state index >= 15 is 0 Å². The van der Waals surface area contributed by atoms with E-state index in [-0.39, 0.29) is 12.7 Å². The van der Waals surface area contributed by atoms with E-state index in [0.717, 1.165) is 12.8 Å². The van der Waals surface area contributed by atoms with Crippen LogP contribution in [0.4, 0.5) is 0 Å². The van der Waals surface area contributed by atoms with Crippen LogP contribution in [0.3, 0.4) is 0 Å². The highest BCUT2D eigenvalue weighted by molar-refractivity contribution is 5.06. The molecule has 1 rings (SSSR count). The molecule has 0 aliphatic rings. The summed E-state index contributed by atoms with van der Waals surface area (Å²) in [4.78, 5) is 8.00. The second-order valence-electron chi connectivity index (χ2n) is 3.22. The Kier molecular flexibility index (Phi) is 4.32. The normalized spacial score (nSPS) is 12.5. The maximum absolute atomic E-state index is 8.75. The summed E-state index contributed by atoms with van der Waals surface area (Å²) in [5.41, 5.74) is 0.556. The van der Waals surface area contributed by atoms with E-state index < -0.39 is 0 Å². The molecule has 1 aromatic heterocycles. The Labute approximate surface area is 84.0 Å². The van der Waals surface area contributed by atoms with Crippen LogP contribution in [0.1, 0.15) is 32.4 Å². The van der Waals surface area contributed by atoms with Crippen LogP contribution in [0, 0.1) is 0 Å². The first-order chi connectivity index (χ1) is 6.76. The minimum absolute atomic E-state index is 0.0855. The molecule has 0 spiro atoms. The molecule has 4 nitrogen and oxygen atoms in total. The maximum atomic E-state index is 8.75. The highest BCUT2D eigenvalue weighted by Crippen LogP contribution is 2.09. The van der Waals surface area contributed by atoms with Gasteiger partial charge in [0.15, 0.2) is 0 Å². The van der Waals surface area contributed by atoms with Gasteiger partial charge in [-0.25, -0.2) is 4.98 Å². The van der Waals surface area contributed by atoms with Gasteiger partial charge in [0.25, 0.3) is 0 Å². The number of hydrogen-bond acceptors (Lipinski definition) is 4. The van der Waals surface area contributed by atoms with E-state index in [1.165, 1.54) is 12.4 Å². The van der Waals surface area contributed by atoms with Crippen molar-refractivity contribution in [3.05, 3.63) is 18.1 Å². The van der Waals surface area contributed by atoms with E-state index in [4.69, 9.17) is 9.84 Å². The summed E-state index contributed by atoms with van der Waals surface area (Å²) in [6.07, 6.45) is 5.31. The second kappa shape index (κ2) is 5.54. The number of rotatable bonds is 5. The lowest BCUT2D eigenvalue weighted by Gasteiger charge is -2.12. The molecule has 0 amide bonds. The van der Waals surface area contributed by atoms with Crippen molar-refractivity contribution >= 4 is 0 Å². The van der Waals surface area contributed by atoms with E-state index in [2.05, 4.69) is 16.9 Å². The molecule has 0 fully saturated rings. The van der Waals surface area contributed by atoms with Crippen LogP contribution in [0.25, 0.3) is 0 Å². The van der Waals surface area contributed by atoms with Crippen LogP contribution in [0.15, 0.2) is 12.4 Å². The molecule has 0 saturated heterocycles. The predicted octanol–water partition coefficient (Wildman–Crippen LogP) is 1.54. The molecule has 0 aromatic carbocycles. The van der Waals surface area contributed by atoms with Gasteiger partial charge in [-0.3, -0.25) is 4.98 Å². The third kappa shape index (κ3) is 3.30. The number of ether oxygens (including phenoxy) is 1. The number of aromatic nitrogens is 2. The third-order valence-corrected chi connectivity index (χ3v) is 1.86. The van der Waals surface area contributed by atoms with Crippen LogP contribution in [0.2, 0.25) is 0 Å². The van der Waals surface area contributed by atoms with Gasteiger partial charge < -0.3 is 9.84 Å². The third-order valence-electron chi connectivity index (χ3n) is 1.86. The highest BCUT2D eigenvalue weighted by atomic mass is 16.5.